The largest absolute Gasteiger partial charge is 0.456 e. The number of rotatable bonds is 3. The van der Waals surface area contributed by atoms with Gasteiger partial charge in [-0.05, 0) is 48.5 Å². The van der Waals surface area contributed by atoms with Gasteiger partial charge >= 0.3 is 0 Å². The lowest BCUT2D eigenvalue weighted by Crippen LogP contribution is -2.04. The van der Waals surface area contributed by atoms with Crippen LogP contribution >= 0.6 is 11.6 Å². The normalized spacial score (nSPS) is 11.3. The van der Waals surface area contributed by atoms with Gasteiger partial charge < -0.3 is 9.73 Å². The van der Waals surface area contributed by atoms with Gasteiger partial charge in [-0.15, -0.1) is 0 Å². The third-order valence-corrected chi connectivity index (χ3v) is 4.20. The Balaban J connectivity index is 1.70. The summed E-state index contributed by atoms with van der Waals surface area (Å²) in [5.74, 6) is -1.13. The van der Waals surface area contributed by atoms with Crippen molar-refractivity contribution in [3.8, 4) is 0 Å². The van der Waals surface area contributed by atoms with Crippen LogP contribution in [0, 0.1) is 11.6 Å². The quantitative estimate of drug-likeness (QED) is 0.484. The number of nitrogens with one attached hydrogen (secondary N) is 1. The minimum Gasteiger partial charge on any atom is -0.456 e. The van der Waals surface area contributed by atoms with Crippen LogP contribution in [0.4, 0.5) is 14.5 Å². The molecule has 5 heteroatoms. The standard InChI is InChI=1S/C19H12ClF2NO/c20-11-4-6-18-13(8-11)14-9-12(5-7-19(14)24-18)23-10-15-16(21)2-1-3-17(15)22/h1-9,23H,10H2. The van der Waals surface area contributed by atoms with E-state index in [0.29, 0.717) is 5.02 Å². The second-order valence-electron chi connectivity index (χ2n) is 5.51. The Labute approximate surface area is 141 Å². The summed E-state index contributed by atoms with van der Waals surface area (Å²) in [5.41, 5.74) is 2.23. The summed E-state index contributed by atoms with van der Waals surface area (Å²) in [6.07, 6.45) is 0. The van der Waals surface area contributed by atoms with E-state index < -0.39 is 11.6 Å². The van der Waals surface area contributed by atoms with Crippen LogP contribution in [-0.2, 0) is 6.54 Å². The molecule has 4 rings (SSSR count). The van der Waals surface area contributed by atoms with Gasteiger partial charge in [-0.2, -0.15) is 0 Å². The molecule has 0 radical (unpaired) electrons. The zero-order valence-corrected chi connectivity index (χ0v) is 13.2. The van der Waals surface area contributed by atoms with Gasteiger partial charge in [0.05, 0.1) is 0 Å². The van der Waals surface area contributed by atoms with Gasteiger partial charge in [0.25, 0.3) is 0 Å². The van der Waals surface area contributed by atoms with Gasteiger partial charge in [-0.25, -0.2) is 8.78 Å². The van der Waals surface area contributed by atoms with E-state index in [2.05, 4.69) is 5.32 Å². The highest BCUT2D eigenvalue weighted by atomic mass is 35.5. The molecule has 120 valence electrons. The maximum atomic E-state index is 13.7. The minimum absolute atomic E-state index is 0.0118. The fourth-order valence-corrected chi connectivity index (χ4v) is 2.92. The summed E-state index contributed by atoms with van der Waals surface area (Å²) >= 11 is 6.05. The molecule has 0 unspecified atom stereocenters. The summed E-state index contributed by atoms with van der Waals surface area (Å²) in [6.45, 7) is 0.0561. The van der Waals surface area contributed by atoms with Crippen molar-refractivity contribution in [2.45, 2.75) is 6.54 Å². The van der Waals surface area contributed by atoms with Crippen molar-refractivity contribution >= 4 is 39.2 Å². The second kappa shape index (κ2) is 5.80. The van der Waals surface area contributed by atoms with Crippen LogP contribution in [0.3, 0.4) is 0 Å². The highest BCUT2D eigenvalue weighted by molar-refractivity contribution is 6.31. The zero-order chi connectivity index (χ0) is 16.7. The van der Waals surface area contributed by atoms with Crippen LogP contribution in [0.15, 0.2) is 59.0 Å². The molecular weight excluding hydrogens is 332 g/mol. The predicted molar refractivity (Wildman–Crippen MR) is 92.4 cm³/mol. The number of fused-ring (bicyclic) bond motifs is 3. The molecule has 0 amide bonds. The number of benzene rings is 3. The molecule has 1 heterocycles. The van der Waals surface area contributed by atoms with Crippen LogP contribution in [0.2, 0.25) is 5.02 Å². The Morgan fingerprint density at radius 2 is 1.54 bits per heavy atom. The monoisotopic (exact) mass is 343 g/mol. The summed E-state index contributed by atoms with van der Waals surface area (Å²) in [5, 5.41) is 5.47. The van der Waals surface area contributed by atoms with E-state index in [4.69, 9.17) is 16.0 Å². The van der Waals surface area contributed by atoms with E-state index in [1.54, 1.807) is 6.07 Å². The van der Waals surface area contributed by atoms with Crippen molar-refractivity contribution in [1.29, 1.82) is 0 Å². The topological polar surface area (TPSA) is 25.2 Å². The molecule has 1 aromatic heterocycles. The third kappa shape index (κ3) is 2.59. The lowest BCUT2D eigenvalue weighted by atomic mass is 10.1. The summed E-state index contributed by atoms with van der Waals surface area (Å²) in [6, 6.07) is 14.8. The maximum absolute atomic E-state index is 13.7. The van der Waals surface area contributed by atoms with Gasteiger partial charge in [0.2, 0.25) is 0 Å². The first kappa shape index (κ1) is 15.0. The Morgan fingerprint density at radius 3 is 2.29 bits per heavy atom. The van der Waals surface area contributed by atoms with Crippen LogP contribution in [0.25, 0.3) is 21.9 Å². The first-order valence-electron chi connectivity index (χ1n) is 7.40. The van der Waals surface area contributed by atoms with E-state index >= 15 is 0 Å². The molecule has 0 saturated carbocycles. The lowest BCUT2D eigenvalue weighted by Gasteiger charge is -2.08. The van der Waals surface area contributed by atoms with Crippen molar-refractivity contribution in [2.75, 3.05) is 5.32 Å². The smallest absolute Gasteiger partial charge is 0.135 e. The van der Waals surface area contributed by atoms with Crippen LogP contribution in [0.1, 0.15) is 5.56 Å². The fourth-order valence-electron chi connectivity index (χ4n) is 2.75. The predicted octanol–water partition coefficient (Wildman–Crippen LogP) is 6.13. The van der Waals surface area contributed by atoms with E-state index in [1.165, 1.54) is 18.2 Å². The van der Waals surface area contributed by atoms with E-state index in [1.807, 2.05) is 30.3 Å². The molecule has 2 nitrogen and oxygen atoms in total. The number of halogens is 3. The van der Waals surface area contributed by atoms with Crippen molar-refractivity contribution in [2.24, 2.45) is 0 Å². The SMILES string of the molecule is Fc1cccc(F)c1CNc1ccc2oc3ccc(Cl)cc3c2c1. The molecule has 1 N–H and O–H groups in total. The van der Waals surface area contributed by atoms with Gasteiger partial charge in [-0.3, -0.25) is 0 Å². The van der Waals surface area contributed by atoms with Crippen molar-refractivity contribution in [3.05, 3.63) is 76.8 Å². The second-order valence-corrected chi connectivity index (χ2v) is 5.94. The molecule has 0 saturated heterocycles. The van der Waals surface area contributed by atoms with Gasteiger partial charge in [0.15, 0.2) is 0 Å². The fraction of sp³-hybridized carbons (Fsp3) is 0.0526. The molecule has 4 aromatic rings. The van der Waals surface area contributed by atoms with E-state index in [0.717, 1.165) is 27.6 Å². The summed E-state index contributed by atoms with van der Waals surface area (Å²) < 4.78 is 33.2. The summed E-state index contributed by atoms with van der Waals surface area (Å²) in [4.78, 5) is 0. The molecular formula is C19H12ClF2NO. The highest BCUT2D eigenvalue weighted by Gasteiger charge is 2.10. The van der Waals surface area contributed by atoms with Gasteiger partial charge in [-0.1, -0.05) is 17.7 Å². The van der Waals surface area contributed by atoms with E-state index in [9.17, 15) is 8.78 Å². The van der Waals surface area contributed by atoms with Crippen LogP contribution in [0.5, 0.6) is 0 Å². The van der Waals surface area contributed by atoms with Crippen molar-refractivity contribution in [1.82, 2.24) is 0 Å². The Hall–Kier alpha value is -2.59. The van der Waals surface area contributed by atoms with Crippen LogP contribution in [-0.4, -0.2) is 0 Å². The third-order valence-electron chi connectivity index (χ3n) is 3.96. The maximum Gasteiger partial charge on any atom is 0.135 e. The van der Waals surface area contributed by atoms with Gasteiger partial charge in [0, 0.05) is 33.6 Å². The average Bonchev–Trinajstić information content (AvgIpc) is 2.92. The lowest BCUT2D eigenvalue weighted by molar-refractivity contribution is 0.560. The number of anilines is 1. The first-order chi connectivity index (χ1) is 11.6. The molecule has 0 atom stereocenters. The Bertz CT molecular complexity index is 1040. The number of hydrogen-bond acceptors (Lipinski definition) is 2. The average molecular weight is 344 g/mol. The molecule has 0 bridgehead atoms. The van der Waals surface area contributed by atoms with Gasteiger partial charge in [0.1, 0.15) is 22.8 Å². The zero-order valence-electron chi connectivity index (χ0n) is 12.4. The molecule has 0 aliphatic rings. The molecule has 0 aliphatic heterocycles. The Morgan fingerprint density at radius 1 is 0.875 bits per heavy atom. The summed E-state index contributed by atoms with van der Waals surface area (Å²) in [7, 11) is 0. The molecule has 0 fully saturated rings. The molecule has 0 spiro atoms. The van der Waals surface area contributed by atoms with Crippen molar-refractivity contribution < 1.29 is 13.2 Å². The minimum atomic E-state index is -0.566. The first-order valence-corrected chi connectivity index (χ1v) is 7.78. The number of furan rings is 1. The molecule has 24 heavy (non-hydrogen) atoms. The van der Waals surface area contributed by atoms with Crippen molar-refractivity contribution in [3.63, 3.8) is 0 Å². The highest BCUT2D eigenvalue weighted by Crippen LogP contribution is 2.32. The molecule has 0 aliphatic carbocycles. The Kier molecular flexibility index (Phi) is 3.62. The van der Waals surface area contributed by atoms with Crippen LogP contribution < -0.4 is 5.32 Å². The van der Waals surface area contributed by atoms with E-state index in [-0.39, 0.29) is 12.1 Å². The number of hydrogen-bond donors (Lipinski definition) is 1. The molecule has 3 aromatic carbocycles.